The summed E-state index contributed by atoms with van der Waals surface area (Å²) in [6.07, 6.45) is 5.08. The molecule has 0 radical (unpaired) electrons. The molecule has 1 saturated carbocycles. The van der Waals surface area contributed by atoms with Crippen molar-refractivity contribution in [2.45, 2.75) is 57.6 Å². The molecule has 0 bridgehead atoms. The maximum Gasteiger partial charge on any atom is 0.124 e. The van der Waals surface area contributed by atoms with E-state index in [1.807, 2.05) is 32.0 Å². The molecule has 1 aliphatic carbocycles. The van der Waals surface area contributed by atoms with Crippen LogP contribution in [0, 0.1) is 6.92 Å². The second kappa shape index (κ2) is 5.93. The lowest BCUT2D eigenvalue weighted by Gasteiger charge is -2.32. The molecule has 0 amide bonds. The highest BCUT2D eigenvalue weighted by Crippen LogP contribution is 2.31. The van der Waals surface area contributed by atoms with Gasteiger partial charge in [0.05, 0.1) is 5.60 Å². The fraction of sp³-hybridized carbons (Fsp3) is 0.625. The van der Waals surface area contributed by atoms with Crippen LogP contribution in [0.1, 0.15) is 56.2 Å². The van der Waals surface area contributed by atoms with Crippen LogP contribution < -0.4 is 10.5 Å². The molecule has 0 aromatic heterocycles. The van der Waals surface area contributed by atoms with Crippen molar-refractivity contribution in [1.29, 1.82) is 0 Å². The molecule has 1 atom stereocenters. The summed E-state index contributed by atoms with van der Waals surface area (Å²) in [5, 5.41) is 10.5. The summed E-state index contributed by atoms with van der Waals surface area (Å²) >= 11 is 0. The Labute approximate surface area is 115 Å². The first kappa shape index (κ1) is 14.4. The summed E-state index contributed by atoms with van der Waals surface area (Å²) in [5.74, 6) is 0.814. The third-order valence-corrected chi connectivity index (χ3v) is 3.94. The number of benzene rings is 1. The Morgan fingerprint density at radius 3 is 2.63 bits per heavy atom. The van der Waals surface area contributed by atoms with Crippen LogP contribution in [0.15, 0.2) is 18.2 Å². The van der Waals surface area contributed by atoms with E-state index in [0.717, 1.165) is 42.6 Å². The van der Waals surface area contributed by atoms with Gasteiger partial charge < -0.3 is 15.6 Å². The summed E-state index contributed by atoms with van der Waals surface area (Å²) in [6.45, 7) is 4.36. The monoisotopic (exact) mass is 263 g/mol. The minimum Gasteiger partial charge on any atom is -0.490 e. The molecule has 1 fully saturated rings. The quantitative estimate of drug-likeness (QED) is 0.877. The molecule has 1 aliphatic rings. The van der Waals surface area contributed by atoms with Gasteiger partial charge in [0.1, 0.15) is 12.4 Å². The van der Waals surface area contributed by atoms with Crippen molar-refractivity contribution in [3.63, 3.8) is 0 Å². The number of nitrogens with two attached hydrogens (primary N) is 1. The molecule has 0 aliphatic heterocycles. The Bertz CT molecular complexity index is 423. The fourth-order valence-corrected chi connectivity index (χ4v) is 2.71. The van der Waals surface area contributed by atoms with Gasteiger partial charge in [-0.2, -0.15) is 0 Å². The van der Waals surface area contributed by atoms with Crippen molar-refractivity contribution >= 4 is 0 Å². The Hall–Kier alpha value is -1.06. The third-order valence-electron chi connectivity index (χ3n) is 3.94. The molecule has 0 heterocycles. The minimum absolute atomic E-state index is 0.0587. The van der Waals surface area contributed by atoms with Gasteiger partial charge in [0.25, 0.3) is 0 Å². The molecule has 3 nitrogen and oxygen atoms in total. The van der Waals surface area contributed by atoms with Crippen molar-refractivity contribution in [3.05, 3.63) is 29.3 Å². The summed E-state index contributed by atoms with van der Waals surface area (Å²) < 4.78 is 5.89. The smallest absolute Gasteiger partial charge is 0.124 e. The highest BCUT2D eigenvalue weighted by molar-refractivity contribution is 5.39. The summed E-state index contributed by atoms with van der Waals surface area (Å²) in [4.78, 5) is 0. The summed E-state index contributed by atoms with van der Waals surface area (Å²) in [5.41, 5.74) is 7.46. The van der Waals surface area contributed by atoms with E-state index >= 15 is 0 Å². The van der Waals surface area contributed by atoms with Crippen molar-refractivity contribution in [2.24, 2.45) is 5.73 Å². The Balaban J connectivity index is 2.07. The summed E-state index contributed by atoms with van der Waals surface area (Å²) in [6, 6.07) is 6.00. The van der Waals surface area contributed by atoms with Crippen LogP contribution in [0.2, 0.25) is 0 Å². The number of hydrogen-bond acceptors (Lipinski definition) is 3. The zero-order valence-electron chi connectivity index (χ0n) is 12.0. The Morgan fingerprint density at radius 1 is 1.32 bits per heavy atom. The number of aryl methyl sites for hydroxylation is 1. The van der Waals surface area contributed by atoms with Gasteiger partial charge in [-0.05, 0) is 38.3 Å². The van der Waals surface area contributed by atoms with Crippen LogP contribution in [0.5, 0.6) is 5.75 Å². The number of rotatable bonds is 4. The van der Waals surface area contributed by atoms with Gasteiger partial charge >= 0.3 is 0 Å². The van der Waals surface area contributed by atoms with Gasteiger partial charge in [-0.3, -0.25) is 0 Å². The minimum atomic E-state index is -0.656. The van der Waals surface area contributed by atoms with Crippen LogP contribution >= 0.6 is 0 Å². The lowest BCUT2D eigenvalue weighted by molar-refractivity contribution is -0.0341. The molecule has 3 heteroatoms. The van der Waals surface area contributed by atoms with E-state index in [0.29, 0.717) is 6.61 Å². The first-order chi connectivity index (χ1) is 9.00. The molecule has 106 valence electrons. The van der Waals surface area contributed by atoms with Gasteiger partial charge in [0.15, 0.2) is 0 Å². The van der Waals surface area contributed by atoms with Gasteiger partial charge in [-0.15, -0.1) is 0 Å². The lowest BCUT2D eigenvalue weighted by atomic mass is 9.85. The highest BCUT2D eigenvalue weighted by atomic mass is 16.5. The number of ether oxygens (including phenoxy) is 1. The predicted octanol–water partition coefficient (Wildman–Crippen LogP) is 3.09. The van der Waals surface area contributed by atoms with Crippen molar-refractivity contribution in [1.82, 2.24) is 0 Å². The molecule has 19 heavy (non-hydrogen) atoms. The van der Waals surface area contributed by atoms with E-state index in [-0.39, 0.29) is 6.04 Å². The van der Waals surface area contributed by atoms with Crippen molar-refractivity contribution in [2.75, 3.05) is 6.61 Å². The van der Waals surface area contributed by atoms with E-state index < -0.39 is 5.60 Å². The highest BCUT2D eigenvalue weighted by Gasteiger charge is 2.30. The van der Waals surface area contributed by atoms with E-state index in [9.17, 15) is 5.11 Å². The van der Waals surface area contributed by atoms with E-state index in [4.69, 9.17) is 10.5 Å². The number of aliphatic hydroxyl groups is 1. The maximum atomic E-state index is 10.5. The van der Waals surface area contributed by atoms with Gasteiger partial charge in [0, 0.05) is 11.6 Å². The number of hydrogen-bond donors (Lipinski definition) is 2. The van der Waals surface area contributed by atoms with Crippen molar-refractivity contribution in [3.8, 4) is 5.75 Å². The summed E-state index contributed by atoms with van der Waals surface area (Å²) in [7, 11) is 0. The normalized spacial score (nSPS) is 20.0. The first-order valence-electron chi connectivity index (χ1n) is 7.21. The van der Waals surface area contributed by atoms with Crippen LogP contribution in [0.4, 0.5) is 0 Å². The molecular weight excluding hydrogens is 238 g/mol. The molecule has 1 aromatic carbocycles. The average molecular weight is 263 g/mol. The first-order valence-corrected chi connectivity index (χ1v) is 7.21. The van der Waals surface area contributed by atoms with Crippen LogP contribution in [0.25, 0.3) is 0 Å². The lowest BCUT2D eigenvalue weighted by Crippen LogP contribution is -2.38. The Morgan fingerprint density at radius 2 is 2.00 bits per heavy atom. The standard InChI is InChI=1S/C16H25NO2/c1-12-6-7-14(13(2)17)15(10-12)19-11-16(18)8-4-3-5-9-16/h6-7,10,13,18H,3-5,8-9,11,17H2,1-2H3. The van der Waals surface area contributed by atoms with Gasteiger partial charge in [-0.25, -0.2) is 0 Å². The fourth-order valence-electron chi connectivity index (χ4n) is 2.71. The third kappa shape index (κ3) is 3.71. The molecule has 1 unspecified atom stereocenters. The largest absolute Gasteiger partial charge is 0.490 e. The van der Waals surface area contributed by atoms with E-state index in [2.05, 4.69) is 0 Å². The average Bonchev–Trinajstić information content (AvgIpc) is 2.37. The molecule has 0 spiro atoms. The Kier molecular flexibility index (Phi) is 4.48. The SMILES string of the molecule is Cc1ccc(C(C)N)c(OCC2(O)CCCCC2)c1. The molecule has 1 aromatic rings. The molecule has 2 rings (SSSR count). The molecule has 3 N–H and O–H groups in total. The topological polar surface area (TPSA) is 55.5 Å². The second-order valence-electron chi connectivity index (χ2n) is 5.90. The van der Waals surface area contributed by atoms with Crippen LogP contribution in [0.3, 0.4) is 0 Å². The molecular formula is C16H25NO2. The zero-order valence-corrected chi connectivity index (χ0v) is 12.0. The van der Waals surface area contributed by atoms with Crippen molar-refractivity contribution < 1.29 is 9.84 Å². The maximum absolute atomic E-state index is 10.5. The molecule has 0 saturated heterocycles. The van der Waals surface area contributed by atoms with Gasteiger partial charge in [0.2, 0.25) is 0 Å². The van der Waals surface area contributed by atoms with Crippen LogP contribution in [-0.4, -0.2) is 17.3 Å². The van der Waals surface area contributed by atoms with E-state index in [1.165, 1.54) is 6.42 Å². The zero-order chi connectivity index (χ0) is 13.9. The second-order valence-corrected chi connectivity index (χ2v) is 5.90. The van der Waals surface area contributed by atoms with Gasteiger partial charge in [-0.1, -0.05) is 31.4 Å². The van der Waals surface area contributed by atoms with Crippen LogP contribution in [-0.2, 0) is 0 Å². The van der Waals surface area contributed by atoms with E-state index in [1.54, 1.807) is 0 Å². The predicted molar refractivity (Wildman–Crippen MR) is 77.3 cm³/mol.